The molecule has 3 N–H and O–H groups in total. The number of aromatic nitrogens is 1. The SMILES string of the molecule is CCN1CCN(c2ccc(Nc3nc(NC)c(C(=O)c4ccc(NC=O)cc4)s3)cc2)CC1. The predicted molar refractivity (Wildman–Crippen MR) is 135 cm³/mol. The fourth-order valence-electron chi connectivity index (χ4n) is 3.82. The van der Waals surface area contributed by atoms with Crippen LogP contribution in [0.1, 0.15) is 22.2 Å². The third-order valence-electron chi connectivity index (χ3n) is 5.75. The number of carbonyl (C=O) groups is 2. The van der Waals surface area contributed by atoms with Crippen molar-refractivity contribution in [1.82, 2.24) is 9.88 Å². The molecule has 0 saturated carbocycles. The zero-order valence-corrected chi connectivity index (χ0v) is 19.6. The van der Waals surface area contributed by atoms with Crippen molar-refractivity contribution in [2.24, 2.45) is 0 Å². The van der Waals surface area contributed by atoms with E-state index in [4.69, 9.17) is 0 Å². The monoisotopic (exact) mass is 464 g/mol. The number of ketones is 1. The molecule has 8 nitrogen and oxygen atoms in total. The molecule has 0 bridgehead atoms. The Balaban J connectivity index is 1.45. The predicted octanol–water partition coefficient (Wildman–Crippen LogP) is 3.87. The van der Waals surface area contributed by atoms with Crippen LogP contribution in [0.4, 0.5) is 28.0 Å². The van der Waals surface area contributed by atoms with Gasteiger partial charge in [0.15, 0.2) is 10.9 Å². The maximum absolute atomic E-state index is 13.0. The third-order valence-corrected chi connectivity index (χ3v) is 6.72. The number of amides is 1. The van der Waals surface area contributed by atoms with E-state index in [9.17, 15) is 9.59 Å². The average Bonchev–Trinajstić information content (AvgIpc) is 3.27. The van der Waals surface area contributed by atoms with Gasteiger partial charge in [-0.15, -0.1) is 0 Å². The van der Waals surface area contributed by atoms with Gasteiger partial charge < -0.3 is 25.8 Å². The normalized spacial score (nSPS) is 14.1. The number of nitrogens with zero attached hydrogens (tertiary/aromatic N) is 3. The zero-order valence-electron chi connectivity index (χ0n) is 18.8. The summed E-state index contributed by atoms with van der Waals surface area (Å²) >= 11 is 1.31. The van der Waals surface area contributed by atoms with Crippen LogP contribution >= 0.6 is 11.3 Å². The van der Waals surface area contributed by atoms with Crippen molar-refractivity contribution in [2.45, 2.75) is 6.92 Å². The summed E-state index contributed by atoms with van der Waals surface area (Å²) in [5.74, 6) is 0.414. The lowest BCUT2D eigenvalue weighted by atomic mass is 10.1. The van der Waals surface area contributed by atoms with Crippen LogP contribution in [-0.2, 0) is 4.79 Å². The van der Waals surface area contributed by atoms with Gasteiger partial charge in [-0.2, -0.15) is 0 Å². The highest BCUT2D eigenvalue weighted by atomic mass is 32.1. The second kappa shape index (κ2) is 10.5. The number of hydrogen-bond donors (Lipinski definition) is 3. The molecule has 9 heteroatoms. The quantitative estimate of drug-likeness (QED) is 0.327. The highest BCUT2D eigenvalue weighted by Gasteiger charge is 2.20. The van der Waals surface area contributed by atoms with E-state index in [-0.39, 0.29) is 5.78 Å². The van der Waals surface area contributed by atoms with Crippen LogP contribution in [0.5, 0.6) is 0 Å². The molecule has 1 fully saturated rings. The molecule has 2 aromatic carbocycles. The highest BCUT2D eigenvalue weighted by Crippen LogP contribution is 2.32. The molecule has 1 aliphatic rings. The Morgan fingerprint density at radius 2 is 1.70 bits per heavy atom. The minimum Gasteiger partial charge on any atom is -0.372 e. The van der Waals surface area contributed by atoms with Gasteiger partial charge in [-0.3, -0.25) is 9.59 Å². The number of piperazine rings is 1. The molecule has 1 aromatic heterocycles. The summed E-state index contributed by atoms with van der Waals surface area (Å²) in [6, 6.07) is 15.1. The lowest BCUT2D eigenvalue weighted by Gasteiger charge is -2.35. The maximum Gasteiger partial charge on any atom is 0.211 e. The molecule has 0 unspecified atom stereocenters. The van der Waals surface area contributed by atoms with Crippen molar-refractivity contribution in [2.75, 3.05) is 60.6 Å². The van der Waals surface area contributed by atoms with E-state index >= 15 is 0 Å². The highest BCUT2D eigenvalue weighted by molar-refractivity contribution is 7.18. The van der Waals surface area contributed by atoms with Gasteiger partial charge in [0.05, 0.1) is 0 Å². The summed E-state index contributed by atoms with van der Waals surface area (Å²) in [6.07, 6.45) is 0.607. The van der Waals surface area contributed by atoms with E-state index < -0.39 is 0 Å². The zero-order chi connectivity index (χ0) is 23.2. The molecular weight excluding hydrogens is 436 g/mol. The summed E-state index contributed by atoms with van der Waals surface area (Å²) in [7, 11) is 1.75. The van der Waals surface area contributed by atoms with Gasteiger partial charge in [0, 0.05) is 55.9 Å². The van der Waals surface area contributed by atoms with Crippen molar-refractivity contribution >= 4 is 51.5 Å². The molecule has 1 amide bonds. The molecule has 1 aliphatic heterocycles. The van der Waals surface area contributed by atoms with Crippen molar-refractivity contribution in [3.8, 4) is 0 Å². The fourth-order valence-corrected chi connectivity index (χ4v) is 4.77. The van der Waals surface area contributed by atoms with Crippen LogP contribution in [-0.4, -0.2) is 61.8 Å². The van der Waals surface area contributed by atoms with Gasteiger partial charge >= 0.3 is 0 Å². The second-order valence-electron chi connectivity index (χ2n) is 7.71. The number of likely N-dealkylation sites (N-methyl/N-ethyl adjacent to an activating group) is 1. The topological polar surface area (TPSA) is 89.6 Å². The minimum atomic E-state index is -0.121. The Bertz CT molecular complexity index is 1090. The smallest absolute Gasteiger partial charge is 0.211 e. The Kier molecular flexibility index (Phi) is 7.21. The summed E-state index contributed by atoms with van der Waals surface area (Å²) in [5.41, 5.74) is 3.31. The third kappa shape index (κ3) is 5.32. The Morgan fingerprint density at radius 1 is 1.03 bits per heavy atom. The van der Waals surface area contributed by atoms with Gasteiger partial charge in [-0.05, 0) is 55.1 Å². The largest absolute Gasteiger partial charge is 0.372 e. The molecule has 2 heterocycles. The summed E-state index contributed by atoms with van der Waals surface area (Å²) in [5, 5.41) is 9.54. The molecule has 3 aromatic rings. The first-order chi connectivity index (χ1) is 16.1. The molecule has 0 atom stereocenters. The maximum atomic E-state index is 13.0. The van der Waals surface area contributed by atoms with Crippen LogP contribution in [0.2, 0.25) is 0 Å². The number of benzene rings is 2. The molecule has 33 heavy (non-hydrogen) atoms. The molecule has 0 radical (unpaired) electrons. The van der Waals surface area contributed by atoms with E-state index in [1.54, 1.807) is 31.3 Å². The molecular formula is C24H28N6O2S. The first-order valence-electron chi connectivity index (χ1n) is 11.0. The Morgan fingerprint density at radius 3 is 2.30 bits per heavy atom. The van der Waals surface area contributed by atoms with Crippen molar-refractivity contribution in [1.29, 1.82) is 0 Å². The van der Waals surface area contributed by atoms with E-state index in [0.29, 0.717) is 33.5 Å². The number of nitrogens with one attached hydrogen (secondary N) is 3. The first-order valence-corrected chi connectivity index (χ1v) is 11.8. The molecule has 0 aliphatic carbocycles. The van der Waals surface area contributed by atoms with Gasteiger partial charge in [0.1, 0.15) is 4.88 Å². The van der Waals surface area contributed by atoms with Crippen molar-refractivity contribution in [3.63, 3.8) is 0 Å². The van der Waals surface area contributed by atoms with E-state index in [0.717, 1.165) is 38.4 Å². The molecule has 4 rings (SSSR count). The van der Waals surface area contributed by atoms with Gasteiger partial charge in [0.25, 0.3) is 0 Å². The molecule has 1 saturated heterocycles. The minimum absolute atomic E-state index is 0.121. The Labute approximate surface area is 197 Å². The summed E-state index contributed by atoms with van der Waals surface area (Å²) in [6.45, 7) is 7.57. The summed E-state index contributed by atoms with van der Waals surface area (Å²) < 4.78 is 0. The molecule has 0 spiro atoms. The van der Waals surface area contributed by atoms with E-state index in [1.165, 1.54) is 17.0 Å². The van der Waals surface area contributed by atoms with E-state index in [1.807, 2.05) is 12.1 Å². The number of anilines is 5. The average molecular weight is 465 g/mol. The van der Waals surface area contributed by atoms with Gasteiger partial charge in [0.2, 0.25) is 12.2 Å². The number of hydrogen-bond acceptors (Lipinski definition) is 8. The number of rotatable bonds is 9. The van der Waals surface area contributed by atoms with Crippen LogP contribution in [0.15, 0.2) is 48.5 Å². The second-order valence-corrected chi connectivity index (χ2v) is 8.71. The molecule has 172 valence electrons. The fraction of sp³-hybridized carbons (Fsp3) is 0.292. The van der Waals surface area contributed by atoms with Crippen LogP contribution in [0.25, 0.3) is 0 Å². The van der Waals surface area contributed by atoms with Crippen molar-refractivity contribution in [3.05, 3.63) is 59.0 Å². The van der Waals surface area contributed by atoms with Crippen LogP contribution < -0.4 is 20.9 Å². The van der Waals surface area contributed by atoms with E-state index in [2.05, 4.69) is 49.8 Å². The lowest BCUT2D eigenvalue weighted by Crippen LogP contribution is -2.46. The first kappa shape index (κ1) is 22.8. The van der Waals surface area contributed by atoms with Gasteiger partial charge in [-0.25, -0.2) is 4.98 Å². The Hall–Kier alpha value is -3.43. The lowest BCUT2D eigenvalue weighted by molar-refractivity contribution is -0.105. The van der Waals surface area contributed by atoms with Crippen LogP contribution in [0, 0.1) is 0 Å². The number of thiazole rings is 1. The van der Waals surface area contributed by atoms with Crippen LogP contribution in [0.3, 0.4) is 0 Å². The number of carbonyl (C=O) groups excluding carboxylic acids is 2. The standard InChI is InChI=1S/C24H28N6O2S/c1-3-29-12-14-30(15-13-29)20-10-8-19(9-11-20)27-24-28-23(25-2)22(33-24)21(32)17-4-6-18(7-5-17)26-16-31/h4-11,16,25H,3,12-15H2,1-2H3,(H,26,31)(H,27,28). The van der Waals surface area contributed by atoms with Crippen molar-refractivity contribution < 1.29 is 9.59 Å². The van der Waals surface area contributed by atoms with Gasteiger partial charge in [-0.1, -0.05) is 18.3 Å². The summed E-state index contributed by atoms with van der Waals surface area (Å²) in [4.78, 5) is 33.5.